The van der Waals surface area contributed by atoms with Gasteiger partial charge in [-0.2, -0.15) is 13.2 Å². The van der Waals surface area contributed by atoms with Crippen LogP contribution in [0, 0.1) is 11.2 Å². The maximum absolute atomic E-state index is 14.2. The van der Waals surface area contributed by atoms with E-state index >= 15 is 0 Å². The predicted molar refractivity (Wildman–Crippen MR) is 166 cm³/mol. The van der Waals surface area contributed by atoms with Crippen molar-refractivity contribution in [3.63, 3.8) is 0 Å². The monoisotopic (exact) mass is 665 g/mol. The topological polar surface area (TPSA) is 112 Å². The number of alkyl halides is 3. The van der Waals surface area contributed by atoms with Crippen molar-refractivity contribution >= 4 is 17.8 Å². The molecule has 3 amide bonds. The predicted octanol–water partition coefficient (Wildman–Crippen LogP) is 4.59. The molecule has 258 valence electrons. The summed E-state index contributed by atoms with van der Waals surface area (Å²) >= 11 is 0. The molecule has 0 radical (unpaired) electrons. The molecule has 11 nitrogen and oxygen atoms in total. The van der Waals surface area contributed by atoms with Crippen LogP contribution >= 0.6 is 0 Å². The number of hydrogen-bond acceptors (Lipinski definition) is 8. The van der Waals surface area contributed by atoms with E-state index in [-0.39, 0.29) is 47.4 Å². The summed E-state index contributed by atoms with van der Waals surface area (Å²) in [5.74, 6) is 0.426. The van der Waals surface area contributed by atoms with Gasteiger partial charge in [0.25, 0.3) is 5.91 Å². The molecule has 0 saturated carbocycles. The zero-order valence-electron chi connectivity index (χ0n) is 27.0. The summed E-state index contributed by atoms with van der Waals surface area (Å²) < 4.78 is 63.3. The summed E-state index contributed by atoms with van der Waals surface area (Å²) in [5.41, 5.74) is 0.281. The Hall–Kier alpha value is -3.72. The Labute approximate surface area is 272 Å². The molecule has 1 aromatic heterocycles. The molecule has 2 N–H and O–H groups in total. The minimum absolute atomic E-state index is 0.00660. The molecule has 47 heavy (non-hydrogen) atoms. The average Bonchev–Trinajstić information content (AvgIpc) is 3.01. The first-order valence-corrected chi connectivity index (χ1v) is 16.1. The number of halogens is 4. The van der Waals surface area contributed by atoms with E-state index in [1.807, 2.05) is 26.1 Å². The van der Waals surface area contributed by atoms with Crippen LogP contribution in [-0.4, -0.2) is 108 Å². The van der Waals surface area contributed by atoms with Crippen molar-refractivity contribution in [2.75, 3.05) is 57.3 Å². The highest BCUT2D eigenvalue weighted by Crippen LogP contribution is 2.45. The number of ether oxygens (including phenoxy) is 2. The van der Waals surface area contributed by atoms with Crippen LogP contribution in [0.4, 0.5) is 28.2 Å². The fraction of sp³-hybridized carbons (Fsp3) is 0.625. The van der Waals surface area contributed by atoms with Gasteiger partial charge in [-0.25, -0.2) is 19.2 Å². The molecule has 15 heteroatoms. The average molecular weight is 666 g/mol. The maximum Gasteiger partial charge on any atom is 0.405 e. The van der Waals surface area contributed by atoms with Gasteiger partial charge in [0.2, 0.25) is 0 Å². The Bertz CT molecular complexity index is 1390. The van der Waals surface area contributed by atoms with Gasteiger partial charge in [-0.1, -0.05) is 0 Å². The highest BCUT2D eigenvalue weighted by atomic mass is 19.4. The lowest BCUT2D eigenvalue weighted by atomic mass is 9.72. The number of benzene rings is 1. The van der Waals surface area contributed by atoms with Crippen LogP contribution in [0.5, 0.6) is 11.5 Å². The molecular formula is C32H43F4N7O4. The second-order valence-corrected chi connectivity index (χ2v) is 13.0. The number of amides is 3. The Balaban J connectivity index is 1.11. The van der Waals surface area contributed by atoms with Crippen LogP contribution in [0.2, 0.25) is 0 Å². The summed E-state index contributed by atoms with van der Waals surface area (Å²) in [4.78, 5) is 39.9. The Morgan fingerprint density at radius 3 is 2.55 bits per heavy atom. The van der Waals surface area contributed by atoms with Crippen molar-refractivity contribution in [2.45, 2.75) is 70.8 Å². The third-order valence-electron chi connectivity index (χ3n) is 9.16. The Kier molecular flexibility index (Phi) is 10.7. The lowest BCUT2D eigenvalue weighted by molar-refractivity contribution is -0.122. The van der Waals surface area contributed by atoms with Gasteiger partial charge in [0, 0.05) is 37.6 Å². The van der Waals surface area contributed by atoms with E-state index in [0.717, 1.165) is 45.6 Å². The smallest absolute Gasteiger partial charge is 0.405 e. The standard InChI is InChI=1S/C32H43F4N7O4/c1-4-43(21(2)3)29(44)25-13-22(33)5-8-26(25)47-27-14-37-20-39-28(27)42-18-31(19-42)9-11-41(12-10-31)15-24-7-6-23(16-46-24)40-30(45)38-17-32(34,35)36/h5,8,13-14,20-21,23-24H,4,6-7,9-12,15-19H2,1-3H3,(H2,38,40,45)/t23-,24+/m1/s1. The lowest BCUT2D eigenvalue weighted by Crippen LogP contribution is -2.61. The number of anilines is 1. The molecule has 1 spiro atoms. The number of rotatable bonds is 10. The van der Waals surface area contributed by atoms with Crippen molar-refractivity contribution < 1.29 is 36.6 Å². The maximum atomic E-state index is 14.2. The first-order valence-electron chi connectivity index (χ1n) is 16.1. The highest BCUT2D eigenvalue weighted by molar-refractivity contribution is 5.97. The van der Waals surface area contributed by atoms with Crippen molar-refractivity contribution in [1.29, 1.82) is 0 Å². The third-order valence-corrected chi connectivity index (χ3v) is 9.16. The number of aromatic nitrogens is 2. The number of likely N-dealkylation sites (tertiary alicyclic amines) is 1. The number of piperidine rings is 1. The van der Waals surface area contributed by atoms with Crippen LogP contribution in [0.15, 0.2) is 30.7 Å². The molecule has 0 unspecified atom stereocenters. The molecule has 4 heterocycles. The van der Waals surface area contributed by atoms with Crippen LogP contribution < -0.4 is 20.3 Å². The number of carbonyl (C=O) groups is 2. The number of urea groups is 1. The number of nitrogens with zero attached hydrogens (tertiary/aromatic N) is 5. The van der Waals surface area contributed by atoms with Crippen LogP contribution in [0.3, 0.4) is 0 Å². The number of hydrogen-bond donors (Lipinski definition) is 2. The molecule has 5 rings (SSSR count). The summed E-state index contributed by atoms with van der Waals surface area (Å²) in [7, 11) is 0. The van der Waals surface area contributed by atoms with Gasteiger partial charge in [-0.05, 0) is 77.7 Å². The van der Waals surface area contributed by atoms with Gasteiger partial charge in [0.05, 0.1) is 30.5 Å². The molecule has 3 saturated heterocycles. The molecule has 2 aromatic rings. The lowest BCUT2D eigenvalue weighted by Gasteiger charge is -2.54. The van der Waals surface area contributed by atoms with E-state index in [0.29, 0.717) is 31.0 Å². The van der Waals surface area contributed by atoms with Crippen molar-refractivity contribution in [1.82, 2.24) is 30.4 Å². The van der Waals surface area contributed by atoms with Gasteiger partial charge < -0.3 is 34.8 Å². The molecule has 2 atom stereocenters. The quantitative estimate of drug-likeness (QED) is 0.355. The van der Waals surface area contributed by atoms with Crippen LogP contribution in [-0.2, 0) is 4.74 Å². The molecule has 3 aliphatic heterocycles. The molecule has 3 aliphatic rings. The van der Waals surface area contributed by atoms with E-state index in [2.05, 4.69) is 25.1 Å². The van der Waals surface area contributed by atoms with Gasteiger partial charge in [-0.15, -0.1) is 0 Å². The molecule has 0 aliphatic carbocycles. The van der Waals surface area contributed by atoms with E-state index in [9.17, 15) is 27.2 Å². The minimum atomic E-state index is -4.45. The fourth-order valence-electron chi connectivity index (χ4n) is 6.60. The zero-order chi connectivity index (χ0) is 33.8. The molecule has 0 bridgehead atoms. The molecule has 1 aromatic carbocycles. The zero-order valence-corrected chi connectivity index (χ0v) is 27.0. The van der Waals surface area contributed by atoms with Gasteiger partial charge in [0.15, 0.2) is 11.6 Å². The Morgan fingerprint density at radius 1 is 1.17 bits per heavy atom. The van der Waals surface area contributed by atoms with Crippen LogP contribution in [0.25, 0.3) is 0 Å². The summed E-state index contributed by atoms with van der Waals surface area (Å²) in [5, 5.41) is 4.38. The SMILES string of the molecule is CCN(C(=O)c1cc(F)ccc1Oc1cncnc1N1CC2(CCN(C[C@@H]3CC[C@@H](NC(=O)NCC(F)(F)F)CO3)CC2)C1)C(C)C. The first-order chi connectivity index (χ1) is 22.3. The van der Waals surface area contributed by atoms with Crippen molar-refractivity contribution in [2.24, 2.45) is 5.41 Å². The van der Waals surface area contributed by atoms with E-state index in [4.69, 9.17) is 9.47 Å². The second kappa shape index (κ2) is 14.6. The molecular weight excluding hydrogens is 622 g/mol. The summed E-state index contributed by atoms with van der Waals surface area (Å²) in [6, 6.07) is 2.71. The van der Waals surface area contributed by atoms with E-state index in [1.54, 1.807) is 11.1 Å². The number of carbonyl (C=O) groups excluding carboxylic acids is 2. The second-order valence-electron chi connectivity index (χ2n) is 13.0. The largest absolute Gasteiger partial charge is 0.451 e. The van der Waals surface area contributed by atoms with E-state index in [1.165, 1.54) is 24.5 Å². The van der Waals surface area contributed by atoms with E-state index < -0.39 is 24.6 Å². The van der Waals surface area contributed by atoms with Gasteiger partial charge in [-0.3, -0.25) is 4.79 Å². The van der Waals surface area contributed by atoms with Crippen molar-refractivity contribution in [3.8, 4) is 11.5 Å². The number of nitrogens with one attached hydrogen (secondary N) is 2. The Morgan fingerprint density at radius 2 is 1.91 bits per heavy atom. The first kappa shape index (κ1) is 34.6. The normalized spacial score (nSPS) is 21.3. The highest BCUT2D eigenvalue weighted by Gasteiger charge is 2.46. The molecule has 3 fully saturated rings. The minimum Gasteiger partial charge on any atom is -0.451 e. The van der Waals surface area contributed by atoms with Crippen molar-refractivity contribution in [3.05, 3.63) is 42.1 Å². The fourth-order valence-corrected chi connectivity index (χ4v) is 6.60. The van der Waals surface area contributed by atoms with Crippen LogP contribution in [0.1, 0.15) is 56.8 Å². The summed E-state index contributed by atoms with van der Waals surface area (Å²) in [6.07, 6.45) is 1.93. The van der Waals surface area contributed by atoms with Gasteiger partial charge in [0.1, 0.15) is 24.4 Å². The van der Waals surface area contributed by atoms with Gasteiger partial charge >= 0.3 is 12.2 Å². The third kappa shape index (κ3) is 8.80. The summed E-state index contributed by atoms with van der Waals surface area (Å²) in [6.45, 7) is 9.24.